The first kappa shape index (κ1) is 13.2. The topological polar surface area (TPSA) is 58.9 Å². The number of aromatic amines is 1. The molecule has 0 spiro atoms. The maximum absolute atomic E-state index is 11.7. The number of fused-ring (bicyclic) bond motifs is 2. The molecule has 0 aliphatic heterocycles. The summed E-state index contributed by atoms with van der Waals surface area (Å²) >= 11 is 0. The van der Waals surface area contributed by atoms with Gasteiger partial charge in [0.2, 0.25) is 0 Å². The van der Waals surface area contributed by atoms with Crippen LogP contribution in [0.4, 0.5) is 5.69 Å². The number of H-pyrrole nitrogens is 1. The Bertz CT molecular complexity index is 711. The summed E-state index contributed by atoms with van der Waals surface area (Å²) < 4.78 is 0. The molecule has 1 aliphatic carbocycles. The summed E-state index contributed by atoms with van der Waals surface area (Å²) in [4.78, 5) is 14.6. The quantitative estimate of drug-likeness (QED) is 0.617. The van der Waals surface area contributed by atoms with Crippen LogP contribution < -0.4 is 0 Å². The number of aromatic nitrogens is 1. The highest BCUT2D eigenvalue weighted by Crippen LogP contribution is 2.51. The van der Waals surface area contributed by atoms with Gasteiger partial charge >= 0.3 is 0 Å². The summed E-state index contributed by atoms with van der Waals surface area (Å²) in [6.45, 7) is 8.60. The lowest BCUT2D eigenvalue weighted by Gasteiger charge is -2.41. The van der Waals surface area contributed by atoms with Gasteiger partial charge in [0.15, 0.2) is 0 Å². The van der Waals surface area contributed by atoms with Crippen molar-refractivity contribution in [1.82, 2.24) is 4.98 Å². The lowest BCUT2D eigenvalue weighted by Crippen LogP contribution is -2.34. The number of nitro groups is 1. The molecule has 4 nitrogen and oxygen atoms in total. The highest BCUT2D eigenvalue weighted by Gasteiger charge is 2.42. The zero-order valence-electron chi connectivity index (χ0n) is 12.4. The lowest BCUT2D eigenvalue weighted by atomic mass is 9.62. The fraction of sp³-hybridized carbons (Fsp3) is 0.500. The Balaban J connectivity index is 2.50. The van der Waals surface area contributed by atoms with Crippen LogP contribution in [0.3, 0.4) is 0 Å². The standard InChI is InChI=1S/C16H20N2O2/c1-15(2)6-7-16(3,4)13-11(15)9-12-10(5-8-17-12)14(13)18(19)20/h5,8-9,17H,6-7H2,1-4H3. The van der Waals surface area contributed by atoms with Crippen molar-refractivity contribution >= 4 is 16.6 Å². The van der Waals surface area contributed by atoms with E-state index in [9.17, 15) is 10.1 Å². The molecule has 0 saturated carbocycles. The van der Waals surface area contributed by atoms with Crippen molar-refractivity contribution in [2.75, 3.05) is 0 Å². The maximum atomic E-state index is 11.7. The van der Waals surface area contributed by atoms with Gasteiger partial charge in [-0.05, 0) is 41.4 Å². The minimum atomic E-state index is -0.210. The minimum absolute atomic E-state index is 0.0189. The van der Waals surface area contributed by atoms with Crippen LogP contribution >= 0.6 is 0 Å². The smallest absolute Gasteiger partial charge is 0.282 e. The van der Waals surface area contributed by atoms with E-state index < -0.39 is 0 Å². The first-order valence-electron chi connectivity index (χ1n) is 7.03. The molecule has 1 aromatic carbocycles. The molecule has 1 aromatic heterocycles. The van der Waals surface area contributed by atoms with E-state index in [1.54, 1.807) is 6.20 Å². The van der Waals surface area contributed by atoms with Gasteiger partial charge in [-0.25, -0.2) is 0 Å². The predicted molar refractivity (Wildman–Crippen MR) is 80.2 cm³/mol. The SMILES string of the molecule is CC1(C)CCC(C)(C)c2c1cc1[nH]ccc1c2[N+](=O)[O-]. The normalized spacial score (nSPS) is 19.8. The van der Waals surface area contributed by atoms with E-state index in [-0.39, 0.29) is 21.4 Å². The molecule has 0 amide bonds. The van der Waals surface area contributed by atoms with Gasteiger partial charge in [-0.15, -0.1) is 0 Å². The summed E-state index contributed by atoms with van der Waals surface area (Å²) in [5.74, 6) is 0. The van der Waals surface area contributed by atoms with E-state index in [1.165, 1.54) is 0 Å². The monoisotopic (exact) mass is 272 g/mol. The third-order valence-electron chi connectivity index (χ3n) is 4.79. The van der Waals surface area contributed by atoms with E-state index in [4.69, 9.17) is 0 Å². The fourth-order valence-electron chi connectivity index (χ4n) is 3.48. The predicted octanol–water partition coefficient (Wildman–Crippen LogP) is 4.43. The molecule has 0 atom stereocenters. The molecule has 0 saturated heterocycles. The van der Waals surface area contributed by atoms with Crippen molar-refractivity contribution in [2.45, 2.75) is 51.4 Å². The Labute approximate surface area is 118 Å². The molecule has 0 bridgehead atoms. The molecule has 0 fully saturated rings. The van der Waals surface area contributed by atoms with Crippen molar-refractivity contribution in [2.24, 2.45) is 0 Å². The van der Waals surface area contributed by atoms with Gasteiger partial charge < -0.3 is 4.98 Å². The van der Waals surface area contributed by atoms with E-state index in [0.29, 0.717) is 0 Å². The minimum Gasteiger partial charge on any atom is -0.361 e. The van der Waals surface area contributed by atoms with E-state index in [0.717, 1.165) is 34.9 Å². The van der Waals surface area contributed by atoms with Crippen molar-refractivity contribution in [1.29, 1.82) is 0 Å². The molecule has 106 valence electrons. The molecule has 0 radical (unpaired) electrons. The largest absolute Gasteiger partial charge is 0.361 e. The summed E-state index contributed by atoms with van der Waals surface area (Å²) in [5.41, 5.74) is 3.02. The average molecular weight is 272 g/mol. The molecule has 0 unspecified atom stereocenters. The average Bonchev–Trinajstić information content (AvgIpc) is 2.80. The summed E-state index contributed by atoms with van der Waals surface area (Å²) in [6, 6.07) is 3.92. The summed E-state index contributed by atoms with van der Waals surface area (Å²) in [7, 11) is 0. The first-order chi connectivity index (χ1) is 9.24. The van der Waals surface area contributed by atoms with Gasteiger partial charge in [0.25, 0.3) is 5.69 Å². The Morgan fingerprint density at radius 3 is 2.50 bits per heavy atom. The molecule has 1 aliphatic rings. The molecule has 20 heavy (non-hydrogen) atoms. The van der Waals surface area contributed by atoms with Gasteiger partial charge in [0.1, 0.15) is 0 Å². The van der Waals surface area contributed by atoms with Crippen LogP contribution in [-0.4, -0.2) is 9.91 Å². The van der Waals surface area contributed by atoms with Gasteiger partial charge in [-0.2, -0.15) is 0 Å². The molecule has 4 heteroatoms. The maximum Gasteiger partial charge on any atom is 0.282 e. The number of nitro benzene ring substituents is 1. The number of nitrogens with one attached hydrogen (secondary N) is 1. The zero-order valence-corrected chi connectivity index (χ0v) is 12.4. The van der Waals surface area contributed by atoms with Crippen molar-refractivity contribution < 1.29 is 4.92 Å². The molecule has 1 N–H and O–H groups in total. The molecular formula is C16H20N2O2. The van der Waals surface area contributed by atoms with Crippen LogP contribution in [0.25, 0.3) is 10.9 Å². The van der Waals surface area contributed by atoms with E-state index in [1.807, 2.05) is 6.07 Å². The Hall–Kier alpha value is -1.84. The molecule has 1 heterocycles. The van der Waals surface area contributed by atoms with Crippen LogP contribution in [0.15, 0.2) is 18.3 Å². The third kappa shape index (κ3) is 1.67. The van der Waals surface area contributed by atoms with Crippen molar-refractivity contribution in [3.63, 3.8) is 0 Å². The highest BCUT2D eigenvalue weighted by molar-refractivity contribution is 5.92. The summed E-state index contributed by atoms with van der Waals surface area (Å²) in [6.07, 6.45) is 3.81. The Kier molecular flexibility index (Phi) is 2.53. The van der Waals surface area contributed by atoms with Crippen LogP contribution in [-0.2, 0) is 10.8 Å². The van der Waals surface area contributed by atoms with Crippen LogP contribution in [0.5, 0.6) is 0 Å². The van der Waals surface area contributed by atoms with Crippen LogP contribution in [0, 0.1) is 10.1 Å². The van der Waals surface area contributed by atoms with Gasteiger partial charge in [0.05, 0.1) is 15.8 Å². The van der Waals surface area contributed by atoms with Gasteiger partial charge in [-0.3, -0.25) is 10.1 Å². The summed E-state index contributed by atoms with van der Waals surface area (Å²) in [5, 5.41) is 12.4. The van der Waals surface area contributed by atoms with Gasteiger partial charge in [-0.1, -0.05) is 27.7 Å². The number of hydrogen-bond acceptors (Lipinski definition) is 2. The molecular weight excluding hydrogens is 252 g/mol. The second-order valence-electron chi connectivity index (χ2n) is 7.11. The lowest BCUT2D eigenvalue weighted by molar-refractivity contribution is -0.384. The van der Waals surface area contributed by atoms with Crippen molar-refractivity contribution in [3.05, 3.63) is 39.6 Å². The van der Waals surface area contributed by atoms with Gasteiger partial charge in [0, 0.05) is 11.8 Å². The van der Waals surface area contributed by atoms with Crippen molar-refractivity contribution in [3.8, 4) is 0 Å². The van der Waals surface area contributed by atoms with Crippen LogP contribution in [0.2, 0.25) is 0 Å². The highest BCUT2D eigenvalue weighted by atomic mass is 16.6. The van der Waals surface area contributed by atoms with E-state index in [2.05, 4.69) is 38.7 Å². The second kappa shape index (κ2) is 3.84. The number of benzene rings is 1. The first-order valence-corrected chi connectivity index (χ1v) is 7.03. The molecule has 2 aromatic rings. The fourth-order valence-corrected chi connectivity index (χ4v) is 3.48. The Morgan fingerprint density at radius 2 is 1.85 bits per heavy atom. The molecule has 3 rings (SSSR count). The van der Waals surface area contributed by atoms with Crippen LogP contribution in [0.1, 0.15) is 51.7 Å². The number of nitrogens with zero attached hydrogens (tertiary/aromatic N) is 1. The Morgan fingerprint density at radius 1 is 1.20 bits per heavy atom. The number of hydrogen-bond donors (Lipinski definition) is 1. The third-order valence-corrected chi connectivity index (χ3v) is 4.79. The van der Waals surface area contributed by atoms with E-state index >= 15 is 0 Å². The second-order valence-corrected chi connectivity index (χ2v) is 7.11. The zero-order chi connectivity index (χ0) is 14.7. The number of rotatable bonds is 1.